The second-order valence-electron chi connectivity index (χ2n) is 26.0. The molecule has 4 aliphatic heterocycles. The standard InChI is InChI=1S/C21H21NO3S.C20H18FNO4S.C20H18FNO2S.C20H19NO2S/c1-26(25)11-10-20-18(14-26)17-4-2-3-5-19(17)22(20)12-15-6-8-16(9-7-15)21(24)13-23;21-15-5-6-18-16(9-15)17-12-27(25,26)8-7-19(17)22(18)10-13-1-3-14(4-2-13)20(24)11-23;21-15-5-6-18-16(9-15)17-12-25-8-7-19(17)22(18)10-13-1-3-14(4-2-13)20(24)11-23;22-12-20(23)15-7-5-14(6-8-15)11-21-18-4-2-1-3-16(18)17-13-24-10-9-19(17)21/h2-9,23H,1,10-14H2;1-6,9,23H,7-8,10-12H2;1-6,9,23H,7-8,10-12H2;1-8,22H,9-13H2. The first-order chi connectivity index (χ1) is 49.3. The third-order valence-corrected chi connectivity index (χ3v) is 24.8. The van der Waals surface area contributed by atoms with E-state index in [-0.39, 0.29) is 40.5 Å². The minimum atomic E-state index is -3.18. The van der Waals surface area contributed by atoms with Crippen LogP contribution in [0.25, 0.3) is 43.6 Å². The van der Waals surface area contributed by atoms with E-state index in [1.807, 2.05) is 107 Å². The molecule has 0 spiro atoms. The van der Waals surface area contributed by atoms with Crippen molar-refractivity contribution in [3.05, 3.63) is 283 Å². The quantitative estimate of drug-likeness (QED) is 0.0523. The summed E-state index contributed by atoms with van der Waals surface area (Å²) in [4.78, 5) is 46.2. The van der Waals surface area contributed by atoms with E-state index in [4.69, 9.17) is 20.4 Å². The largest absolute Gasteiger partial charge is 0.388 e. The second kappa shape index (κ2) is 30.9. The molecule has 0 bridgehead atoms. The molecule has 16 rings (SSSR count). The Kier molecular flexibility index (Phi) is 21.6. The van der Waals surface area contributed by atoms with Crippen LogP contribution in [0.3, 0.4) is 0 Å². The van der Waals surface area contributed by atoms with Crippen molar-refractivity contribution in [2.45, 2.75) is 74.9 Å². The topological polar surface area (TPSA) is 220 Å². The van der Waals surface area contributed by atoms with E-state index in [0.717, 1.165) is 92.8 Å². The highest BCUT2D eigenvalue weighted by molar-refractivity contribution is 7.99. The van der Waals surface area contributed by atoms with Gasteiger partial charge in [-0.1, -0.05) is 133 Å². The van der Waals surface area contributed by atoms with Gasteiger partial charge in [0.25, 0.3) is 0 Å². The molecule has 0 aliphatic carbocycles. The summed E-state index contributed by atoms with van der Waals surface area (Å²) in [5.74, 6) is 7.66. The van der Waals surface area contributed by atoms with Gasteiger partial charge in [0.1, 0.15) is 38.1 Å². The Labute approximate surface area is 598 Å². The van der Waals surface area contributed by atoms with E-state index in [1.165, 1.54) is 74.2 Å². The molecular formula is C81H76F2N4O11S4. The third-order valence-electron chi connectivity index (χ3n) is 19.5. The lowest BCUT2D eigenvalue weighted by Gasteiger charge is -2.19. The summed E-state index contributed by atoms with van der Waals surface area (Å²) < 4.78 is 73.2. The molecule has 8 aromatic carbocycles. The van der Waals surface area contributed by atoms with Gasteiger partial charge in [0.05, 0.1) is 11.5 Å². The molecular weight excluding hydrogens is 1370 g/mol. The van der Waals surface area contributed by atoms with Crippen LogP contribution >= 0.6 is 23.5 Å². The minimum Gasteiger partial charge on any atom is -0.388 e. The average Bonchev–Trinajstić information content (AvgIpc) is 1.61. The Morgan fingerprint density at radius 1 is 0.382 bits per heavy atom. The number of nitrogens with zero attached hydrogens (tertiary/aromatic N) is 4. The van der Waals surface area contributed by atoms with E-state index >= 15 is 0 Å². The molecule has 0 amide bonds. The van der Waals surface area contributed by atoms with Gasteiger partial charge in [-0.05, 0) is 139 Å². The molecule has 0 saturated heterocycles. The van der Waals surface area contributed by atoms with Crippen molar-refractivity contribution in [2.75, 3.05) is 49.4 Å². The minimum absolute atomic E-state index is 0.0702. The predicted octanol–water partition coefficient (Wildman–Crippen LogP) is 12.6. The molecule has 524 valence electrons. The molecule has 4 aromatic heterocycles. The molecule has 0 radical (unpaired) electrons. The van der Waals surface area contributed by atoms with Gasteiger partial charge in [0.15, 0.2) is 33.0 Å². The Morgan fingerprint density at radius 2 is 0.696 bits per heavy atom. The lowest BCUT2D eigenvalue weighted by atomic mass is 10.1. The number of ketones is 4. The number of hydrogen-bond donors (Lipinski definition) is 4. The number of Topliss-reactive ketones (excluding diaryl/α,β-unsaturated/α-hetero) is 4. The lowest BCUT2D eigenvalue weighted by Crippen LogP contribution is -2.20. The van der Waals surface area contributed by atoms with Crippen LogP contribution in [0.1, 0.15) is 109 Å². The van der Waals surface area contributed by atoms with Gasteiger partial charge in [-0.25, -0.2) is 17.2 Å². The summed E-state index contributed by atoms with van der Waals surface area (Å²) in [6, 6.07) is 55.6. The van der Waals surface area contributed by atoms with Crippen LogP contribution in [0.15, 0.2) is 182 Å². The number of carbonyl (C=O) groups is 4. The Hall–Kier alpha value is -9.03. The van der Waals surface area contributed by atoms with Crippen molar-refractivity contribution >= 4 is 115 Å². The normalized spacial score (nSPS) is 15.7. The van der Waals surface area contributed by atoms with Gasteiger partial charge in [-0.2, -0.15) is 23.5 Å². The molecule has 4 aliphatic rings. The molecule has 8 heterocycles. The van der Waals surface area contributed by atoms with Crippen LogP contribution in [0.4, 0.5) is 8.78 Å². The van der Waals surface area contributed by atoms with E-state index in [2.05, 4.69) is 56.0 Å². The maximum Gasteiger partial charge on any atom is 0.188 e. The zero-order valence-corrected chi connectivity index (χ0v) is 59.3. The number of thioether (sulfide) groups is 2. The number of sulfone groups is 1. The van der Waals surface area contributed by atoms with E-state index < -0.39 is 51.6 Å². The van der Waals surface area contributed by atoms with Crippen molar-refractivity contribution in [1.29, 1.82) is 0 Å². The smallest absolute Gasteiger partial charge is 0.188 e. The number of rotatable bonds is 16. The number of carbonyl (C=O) groups excluding carboxylic acids is 4. The molecule has 1 atom stereocenters. The number of fused-ring (bicyclic) bond motifs is 12. The van der Waals surface area contributed by atoms with Gasteiger partial charge < -0.3 is 38.7 Å². The summed E-state index contributed by atoms with van der Waals surface area (Å²) in [7, 11) is -5.21. The van der Waals surface area contributed by atoms with E-state index in [0.29, 0.717) is 70.8 Å². The van der Waals surface area contributed by atoms with Crippen molar-refractivity contribution in [3.8, 4) is 0 Å². The highest BCUT2D eigenvalue weighted by Gasteiger charge is 2.30. The number of aliphatic hydroxyl groups excluding tert-OH is 4. The molecule has 21 heteroatoms. The summed E-state index contributed by atoms with van der Waals surface area (Å²) >= 11 is 3.89. The van der Waals surface area contributed by atoms with Gasteiger partial charge >= 0.3 is 0 Å². The molecule has 102 heavy (non-hydrogen) atoms. The number of halogens is 2. The summed E-state index contributed by atoms with van der Waals surface area (Å²) in [5, 5.41) is 40.0. The summed E-state index contributed by atoms with van der Waals surface area (Å²) in [6.45, 7) is 0.774. The van der Waals surface area contributed by atoms with Gasteiger partial charge in [0.2, 0.25) is 0 Å². The Morgan fingerprint density at radius 3 is 1.08 bits per heavy atom. The van der Waals surface area contributed by atoms with Gasteiger partial charge in [0, 0.05) is 144 Å². The van der Waals surface area contributed by atoms with Crippen LogP contribution in [-0.2, 0) is 94.2 Å². The van der Waals surface area contributed by atoms with Crippen molar-refractivity contribution in [1.82, 2.24) is 18.3 Å². The molecule has 1 unspecified atom stereocenters. The predicted molar refractivity (Wildman–Crippen MR) is 404 cm³/mol. The van der Waals surface area contributed by atoms with Crippen molar-refractivity contribution in [2.24, 2.45) is 0 Å². The van der Waals surface area contributed by atoms with Gasteiger partial charge in [-0.3, -0.25) is 23.4 Å². The zero-order valence-electron chi connectivity index (χ0n) is 56.0. The molecule has 0 fully saturated rings. The monoisotopic (exact) mass is 1450 g/mol. The highest BCUT2D eigenvalue weighted by Crippen LogP contribution is 2.39. The number of benzene rings is 8. The highest BCUT2D eigenvalue weighted by atomic mass is 32.2. The molecule has 4 N–H and O–H groups in total. The number of hydrogen-bond acceptors (Lipinski definition) is 13. The summed E-state index contributed by atoms with van der Waals surface area (Å²) in [5.41, 5.74) is 20.1. The first kappa shape index (κ1) is 71.4. The van der Waals surface area contributed by atoms with Gasteiger partial charge in [-0.15, -0.1) is 0 Å². The fraction of sp³-hybridized carbons (Fsp3) is 0.247. The fourth-order valence-corrected chi connectivity index (χ4v) is 19.4. The molecule has 12 aromatic rings. The van der Waals surface area contributed by atoms with Crippen molar-refractivity contribution in [3.63, 3.8) is 0 Å². The average molecular weight is 1450 g/mol. The summed E-state index contributed by atoms with van der Waals surface area (Å²) in [6.07, 6.45) is 3.26. The van der Waals surface area contributed by atoms with Crippen LogP contribution in [-0.4, -0.2) is 130 Å². The maximum absolute atomic E-state index is 13.8. The van der Waals surface area contributed by atoms with Crippen LogP contribution < -0.4 is 0 Å². The van der Waals surface area contributed by atoms with E-state index in [1.54, 1.807) is 48.5 Å². The second-order valence-corrected chi connectivity index (χ2v) is 33.1. The molecule has 15 nitrogen and oxygen atoms in total. The first-order valence-corrected chi connectivity index (χ1v) is 39.9. The van der Waals surface area contributed by atoms with Crippen LogP contribution in [0.5, 0.6) is 0 Å². The Bertz CT molecular complexity index is 5430. The Balaban J connectivity index is 0.000000121. The maximum atomic E-state index is 13.8. The SMILES string of the molecule is C=S1(=O)CCc2c(c3ccccc3n2Cc2ccc(C(=O)CO)cc2)C1.O=C(CO)c1ccc(Cn2c3c(c4cc(F)ccc42)CS(=O)(=O)CC3)cc1.O=C(CO)c1ccc(Cn2c3c(c4cc(F)ccc42)CSCC3)cc1.O=C(CO)c1ccc(Cn2c3c(c4ccccc42)CSCC3)cc1. The zero-order chi connectivity index (χ0) is 71.4. The third kappa shape index (κ3) is 15.4. The number of aromatic nitrogens is 4. The number of aliphatic hydroxyl groups is 4. The van der Waals surface area contributed by atoms with Crippen LogP contribution in [0, 0.1) is 11.6 Å². The van der Waals surface area contributed by atoms with Crippen molar-refractivity contribution < 1.29 is 61.0 Å². The first-order valence-electron chi connectivity index (χ1n) is 33.7. The van der Waals surface area contributed by atoms with E-state index in [9.17, 15) is 40.6 Å². The molecule has 0 saturated carbocycles. The fourth-order valence-electron chi connectivity index (χ4n) is 14.4. The van der Waals surface area contributed by atoms with Crippen LogP contribution in [0.2, 0.25) is 0 Å². The number of para-hydroxylation sites is 2. The lowest BCUT2D eigenvalue weighted by molar-refractivity contribution is 0.0898.